The van der Waals surface area contributed by atoms with Crippen molar-refractivity contribution in [2.24, 2.45) is 0 Å². The fourth-order valence-corrected chi connectivity index (χ4v) is 1.67. The largest absolute Gasteiger partial charge is 0.465 e. The molecular weight excluding hydrogens is 200 g/mol. The van der Waals surface area contributed by atoms with E-state index in [9.17, 15) is 9.59 Å². The van der Waals surface area contributed by atoms with Gasteiger partial charge in [0.15, 0.2) is 0 Å². The number of hydrogen-bond donors (Lipinski definition) is 2. The van der Waals surface area contributed by atoms with Crippen LogP contribution in [0.25, 0.3) is 0 Å². The van der Waals surface area contributed by atoms with Gasteiger partial charge in [-0.3, -0.25) is 9.69 Å². The van der Waals surface area contributed by atoms with Crippen LogP contribution in [0.1, 0.15) is 13.3 Å². The Kier molecular flexibility index (Phi) is 3.90. The first kappa shape index (κ1) is 11.8. The van der Waals surface area contributed by atoms with Crippen LogP contribution in [0.3, 0.4) is 0 Å². The molecule has 1 aliphatic rings. The number of rotatable bonds is 3. The number of hydrogen-bond acceptors (Lipinski definition) is 3. The highest BCUT2D eigenvalue weighted by Gasteiger charge is 2.33. The van der Waals surface area contributed by atoms with Crippen LogP contribution < -0.4 is 0 Å². The van der Waals surface area contributed by atoms with E-state index >= 15 is 0 Å². The summed E-state index contributed by atoms with van der Waals surface area (Å²) in [5.41, 5.74) is 0. The van der Waals surface area contributed by atoms with Crippen molar-refractivity contribution < 1.29 is 19.8 Å². The van der Waals surface area contributed by atoms with E-state index in [2.05, 4.69) is 0 Å². The number of carbonyl (C=O) groups excluding carboxylic acids is 1. The van der Waals surface area contributed by atoms with Crippen molar-refractivity contribution in [2.75, 3.05) is 26.2 Å². The summed E-state index contributed by atoms with van der Waals surface area (Å²) in [4.78, 5) is 25.2. The molecule has 1 saturated heterocycles. The number of piperazine rings is 1. The van der Waals surface area contributed by atoms with E-state index in [1.165, 1.54) is 0 Å². The average molecular weight is 216 g/mol. The summed E-state index contributed by atoms with van der Waals surface area (Å²) in [6.45, 7) is 2.87. The van der Waals surface area contributed by atoms with Crippen LogP contribution >= 0.6 is 0 Å². The van der Waals surface area contributed by atoms with E-state index < -0.39 is 12.1 Å². The van der Waals surface area contributed by atoms with Crippen molar-refractivity contribution >= 4 is 12.0 Å². The maximum absolute atomic E-state index is 11.7. The number of aliphatic hydroxyl groups excluding tert-OH is 1. The van der Waals surface area contributed by atoms with Crippen molar-refractivity contribution in [1.82, 2.24) is 9.80 Å². The summed E-state index contributed by atoms with van der Waals surface area (Å²) in [6, 6.07) is -0.616. The maximum atomic E-state index is 11.7. The molecule has 0 saturated carbocycles. The van der Waals surface area contributed by atoms with Gasteiger partial charge in [-0.05, 0) is 13.3 Å². The molecule has 86 valence electrons. The lowest BCUT2D eigenvalue weighted by molar-refractivity contribution is -0.139. The van der Waals surface area contributed by atoms with Gasteiger partial charge in [-0.2, -0.15) is 0 Å². The minimum Gasteiger partial charge on any atom is -0.465 e. The molecule has 0 aromatic carbocycles. The Balaban J connectivity index is 2.56. The summed E-state index contributed by atoms with van der Waals surface area (Å²) in [5, 5.41) is 17.5. The molecule has 1 atom stereocenters. The first-order valence-corrected chi connectivity index (χ1v) is 4.97. The van der Waals surface area contributed by atoms with E-state index in [4.69, 9.17) is 10.2 Å². The normalized spacial score (nSPS) is 22.0. The van der Waals surface area contributed by atoms with Gasteiger partial charge in [0.05, 0.1) is 0 Å². The van der Waals surface area contributed by atoms with Gasteiger partial charge in [-0.15, -0.1) is 0 Å². The second-order valence-electron chi connectivity index (χ2n) is 3.55. The number of aliphatic hydroxyl groups is 1. The van der Waals surface area contributed by atoms with Gasteiger partial charge in [0.1, 0.15) is 6.04 Å². The molecule has 0 aromatic rings. The first-order chi connectivity index (χ1) is 7.07. The second-order valence-corrected chi connectivity index (χ2v) is 3.55. The standard InChI is InChI=1S/C9H16N2O4/c1-7-8(13)10(3-2-6-12)4-5-11(7)9(14)15/h7,12H,2-6H2,1H3,(H,14,15)/t7-/m0/s1. The number of nitrogens with zero attached hydrogens (tertiary/aromatic N) is 2. The van der Waals surface area contributed by atoms with Gasteiger partial charge in [-0.1, -0.05) is 0 Å². The van der Waals surface area contributed by atoms with Gasteiger partial charge < -0.3 is 15.1 Å². The highest BCUT2D eigenvalue weighted by molar-refractivity contribution is 5.86. The predicted octanol–water partition coefficient (Wildman–Crippen LogP) is -0.420. The highest BCUT2D eigenvalue weighted by Crippen LogP contribution is 2.11. The van der Waals surface area contributed by atoms with Crippen LogP contribution in [0.5, 0.6) is 0 Å². The monoisotopic (exact) mass is 216 g/mol. The van der Waals surface area contributed by atoms with Crippen molar-refractivity contribution in [2.45, 2.75) is 19.4 Å². The summed E-state index contributed by atoms with van der Waals surface area (Å²) < 4.78 is 0. The lowest BCUT2D eigenvalue weighted by Gasteiger charge is -2.37. The molecule has 1 aliphatic heterocycles. The molecular formula is C9H16N2O4. The molecule has 0 aliphatic carbocycles. The molecule has 1 heterocycles. The van der Waals surface area contributed by atoms with Crippen molar-refractivity contribution in [1.29, 1.82) is 0 Å². The zero-order valence-corrected chi connectivity index (χ0v) is 8.72. The lowest BCUT2D eigenvalue weighted by atomic mass is 10.2. The van der Waals surface area contributed by atoms with Crippen LogP contribution in [0, 0.1) is 0 Å². The smallest absolute Gasteiger partial charge is 0.408 e. The number of amides is 2. The Bertz CT molecular complexity index is 256. The van der Waals surface area contributed by atoms with Crippen LogP contribution in [0.4, 0.5) is 4.79 Å². The summed E-state index contributed by atoms with van der Waals surface area (Å²) in [6.07, 6.45) is -0.524. The Morgan fingerprint density at radius 1 is 1.53 bits per heavy atom. The zero-order valence-electron chi connectivity index (χ0n) is 8.72. The molecule has 2 amide bonds. The third-order valence-electron chi connectivity index (χ3n) is 2.58. The van der Waals surface area contributed by atoms with Crippen LogP contribution in [0.15, 0.2) is 0 Å². The Hall–Kier alpha value is -1.30. The second kappa shape index (κ2) is 4.97. The van der Waals surface area contributed by atoms with Gasteiger partial charge in [0, 0.05) is 26.2 Å². The first-order valence-electron chi connectivity index (χ1n) is 4.97. The molecule has 6 nitrogen and oxygen atoms in total. The van der Waals surface area contributed by atoms with Crippen molar-refractivity contribution in [3.05, 3.63) is 0 Å². The molecule has 0 spiro atoms. The fourth-order valence-electron chi connectivity index (χ4n) is 1.67. The SMILES string of the molecule is C[C@H]1C(=O)N(CCCO)CCN1C(=O)O. The molecule has 0 unspecified atom stereocenters. The molecule has 6 heteroatoms. The molecule has 1 rings (SSSR count). The highest BCUT2D eigenvalue weighted by atomic mass is 16.4. The van der Waals surface area contributed by atoms with E-state index in [1.54, 1.807) is 11.8 Å². The Labute approximate surface area is 88.1 Å². The average Bonchev–Trinajstić information content (AvgIpc) is 2.20. The van der Waals surface area contributed by atoms with Crippen molar-refractivity contribution in [3.63, 3.8) is 0 Å². The van der Waals surface area contributed by atoms with Gasteiger partial charge in [0.2, 0.25) is 5.91 Å². The minimum absolute atomic E-state index is 0.0425. The molecule has 2 N–H and O–H groups in total. The Morgan fingerprint density at radius 2 is 2.20 bits per heavy atom. The molecule has 0 radical (unpaired) electrons. The Morgan fingerprint density at radius 3 is 2.73 bits per heavy atom. The van der Waals surface area contributed by atoms with Gasteiger partial charge in [0.25, 0.3) is 0 Å². The summed E-state index contributed by atoms with van der Waals surface area (Å²) >= 11 is 0. The summed E-state index contributed by atoms with van der Waals surface area (Å²) in [5.74, 6) is -0.183. The molecule has 15 heavy (non-hydrogen) atoms. The van der Waals surface area contributed by atoms with E-state index in [0.717, 1.165) is 4.90 Å². The zero-order chi connectivity index (χ0) is 11.4. The van der Waals surface area contributed by atoms with Gasteiger partial charge in [-0.25, -0.2) is 4.79 Å². The van der Waals surface area contributed by atoms with E-state index in [1.807, 2.05) is 0 Å². The molecule has 1 fully saturated rings. The molecule has 0 bridgehead atoms. The van der Waals surface area contributed by atoms with E-state index in [-0.39, 0.29) is 12.5 Å². The third-order valence-corrected chi connectivity index (χ3v) is 2.58. The lowest BCUT2D eigenvalue weighted by Crippen LogP contribution is -2.57. The predicted molar refractivity (Wildman–Crippen MR) is 52.5 cm³/mol. The fraction of sp³-hybridized carbons (Fsp3) is 0.778. The summed E-state index contributed by atoms with van der Waals surface area (Å²) in [7, 11) is 0. The van der Waals surface area contributed by atoms with Crippen LogP contribution in [-0.4, -0.2) is 64.3 Å². The van der Waals surface area contributed by atoms with Gasteiger partial charge >= 0.3 is 6.09 Å². The number of carbonyl (C=O) groups is 2. The quantitative estimate of drug-likeness (QED) is 0.671. The van der Waals surface area contributed by atoms with Crippen LogP contribution in [0.2, 0.25) is 0 Å². The number of carboxylic acid groups (broad SMARTS) is 1. The van der Waals surface area contributed by atoms with Crippen molar-refractivity contribution in [3.8, 4) is 0 Å². The third kappa shape index (κ3) is 2.59. The van der Waals surface area contributed by atoms with Crippen LogP contribution in [-0.2, 0) is 4.79 Å². The van der Waals surface area contributed by atoms with E-state index in [0.29, 0.717) is 26.1 Å². The topological polar surface area (TPSA) is 81.1 Å². The minimum atomic E-state index is -1.06. The maximum Gasteiger partial charge on any atom is 0.408 e. The molecule has 0 aromatic heterocycles.